The van der Waals surface area contributed by atoms with E-state index < -0.39 is 11.3 Å². The van der Waals surface area contributed by atoms with Crippen LogP contribution in [-0.4, -0.2) is 24.9 Å². The summed E-state index contributed by atoms with van der Waals surface area (Å²) in [5, 5.41) is 6.10. The Morgan fingerprint density at radius 2 is 2.18 bits per heavy atom. The molecule has 5 heteroatoms. The lowest BCUT2D eigenvalue weighted by molar-refractivity contribution is -0.120. The molecule has 22 heavy (non-hydrogen) atoms. The molecule has 1 aromatic rings. The summed E-state index contributed by atoms with van der Waals surface area (Å²) in [6, 6.07) is 6.04. The summed E-state index contributed by atoms with van der Waals surface area (Å²) in [7, 11) is 0. The number of alkyl halides is 2. The van der Waals surface area contributed by atoms with E-state index in [-0.39, 0.29) is 12.3 Å². The van der Waals surface area contributed by atoms with Gasteiger partial charge in [0.05, 0.1) is 6.42 Å². The molecule has 1 amide bonds. The summed E-state index contributed by atoms with van der Waals surface area (Å²) in [5.74, 6) is -2.64. The van der Waals surface area contributed by atoms with Crippen LogP contribution in [0.15, 0.2) is 18.2 Å². The summed E-state index contributed by atoms with van der Waals surface area (Å²) in [5.41, 5.74) is 2.65. The Bertz CT molecular complexity index is 588. The van der Waals surface area contributed by atoms with Crippen LogP contribution in [0.25, 0.3) is 0 Å². The minimum atomic E-state index is -2.55. The number of hydrogen-bond donors (Lipinski definition) is 2. The fourth-order valence-corrected chi connectivity index (χ4v) is 3.21. The third-order valence-corrected chi connectivity index (χ3v) is 4.96. The second kappa shape index (κ2) is 5.61. The highest BCUT2D eigenvalue weighted by molar-refractivity contribution is 5.79. The van der Waals surface area contributed by atoms with Crippen molar-refractivity contribution in [1.29, 1.82) is 0 Å². The van der Waals surface area contributed by atoms with E-state index in [9.17, 15) is 13.6 Å². The first kappa shape index (κ1) is 15.4. The molecule has 1 aliphatic heterocycles. The van der Waals surface area contributed by atoms with Crippen LogP contribution >= 0.6 is 0 Å². The number of hydrogen-bond acceptors (Lipinski definition) is 2. The first-order valence-electron chi connectivity index (χ1n) is 7.86. The molecule has 0 bridgehead atoms. The Morgan fingerprint density at radius 3 is 2.91 bits per heavy atom. The van der Waals surface area contributed by atoms with Gasteiger partial charge in [0, 0.05) is 24.9 Å². The first-order valence-corrected chi connectivity index (χ1v) is 7.86. The topological polar surface area (TPSA) is 41.1 Å². The Kier molecular flexibility index (Phi) is 3.93. The van der Waals surface area contributed by atoms with Crippen molar-refractivity contribution in [3.05, 3.63) is 34.9 Å². The summed E-state index contributed by atoms with van der Waals surface area (Å²) >= 11 is 0. The molecule has 1 fully saturated rings. The molecule has 3 rings (SSSR count). The third kappa shape index (κ3) is 3.00. The van der Waals surface area contributed by atoms with Crippen molar-refractivity contribution in [2.24, 2.45) is 5.41 Å². The van der Waals surface area contributed by atoms with E-state index in [0.29, 0.717) is 19.4 Å². The minimum Gasteiger partial charge on any atom is -0.356 e. The lowest BCUT2D eigenvalue weighted by Gasteiger charge is -2.20. The fraction of sp³-hybridized carbons (Fsp3) is 0.588. The Morgan fingerprint density at radius 1 is 1.41 bits per heavy atom. The molecule has 0 spiro atoms. The monoisotopic (exact) mass is 308 g/mol. The van der Waals surface area contributed by atoms with Gasteiger partial charge in [0.2, 0.25) is 5.91 Å². The van der Waals surface area contributed by atoms with Crippen molar-refractivity contribution >= 4 is 5.91 Å². The highest BCUT2D eigenvalue weighted by atomic mass is 19.3. The molecular formula is C17H22F2N2O. The zero-order valence-electron chi connectivity index (χ0n) is 12.8. The van der Waals surface area contributed by atoms with Gasteiger partial charge < -0.3 is 10.6 Å². The zero-order chi connectivity index (χ0) is 15.8. The largest absolute Gasteiger partial charge is 0.356 e. The van der Waals surface area contributed by atoms with Gasteiger partial charge in [-0.05, 0) is 36.1 Å². The van der Waals surface area contributed by atoms with E-state index >= 15 is 0 Å². The highest BCUT2D eigenvalue weighted by Crippen LogP contribution is 2.62. The average Bonchev–Trinajstić information content (AvgIpc) is 2.97. The van der Waals surface area contributed by atoms with Crippen molar-refractivity contribution in [2.75, 3.05) is 13.1 Å². The number of carbonyl (C=O) groups excluding carboxylic acids is 1. The van der Waals surface area contributed by atoms with Crippen LogP contribution in [0.5, 0.6) is 0 Å². The first-order chi connectivity index (χ1) is 10.4. The number of carbonyl (C=O) groups is 1. The molecule has 1 aliphatic carbocycles. The summed E-state index contributed by atoms with van der Waals surface area (Å²) in [6.07, 6.45) is 1.54. The van der Waals surface area contributed by atoms with Crippen LogP contribution < -0.4 is 10.6 Å². The maximum absolute atomic E-state index is 13.1. The maximum atomic E-state index is 13.1. The van der Waals surface area contributed by atoms with Gasteiger partial charge >= 0.3 is 0 Å². The Hall–Kier alpha value is -1.49. The van der Waals surface area contributed by atoms with Crippen molar-refractivity contribution in [3.63, 3.8) is 0 Å². The molecule has 0 radical (unpaired) electrons. The van der Waals surface area contributed by atoms with Crippen LogP contribution in [-0.2, 0) is 24.2 Å². The van der Waals surface area contributed by atoms with Crippen molar-refractivity contribution in [2.45, 2.75) is 45.1 Å². The molecule has 3 nitrogen and oxygen atoms in total. The van der Waals surface area contributed by atoms with Crippen LogP contribution in [0, 0.1) is 5.41 Å². The molecule has 2 N–H and O–H groups in total. The average molecular weight is 308 g/mol. The molecule has 1 atom stereocenters. The van der Waals surface area contributed by atoms with Crippen LogP contribution in [0.2, 0.25) is 0 Å². The highest BCUT2D eigenvalue weighted by Gasteiger charge is 2.66. The molecule has 2 aliphatic rings. The summed E-state index contributed by atoms with van der Waals surface area (Å²) < 4.78 is 26.2. The van der Waals surface area contributed by atoms with Gasteiger partial charge in [-0.25, -0.2) is 8.78 Å². The molecule has 120 valence electrons. The van der Waals surface area contributed by atoms with Gasteiger partial charge in [-0.1, -0.05) is 25.1 Å². The SMILES string of the molecule is CC1(CCNC(=O)Cc2cccc3c2CCNC3)CC1(F)F. The minimum absolute atomic E-state index is 0.0605. The van der Waals surface area contributed by atoms with Crippen LogP contribution in [0.3, 0.4) is 0 Å². The van der Waals surface area contributed by atoms with Crippen LogP contribution in [0.4, 0.5) is 8.78 Å². The van der Waals surface area contributed by atoms with Crippen molar-refractivity contribution < 1.29 is 13.6 Å². The lowest BCUT2D eigenvalue weighted by Crippen LogP contribution is -2.30. The van der Waals surface area contributed by atoms with E-state index in [1.807, 2.05) is 12.1 Å². The molecular weight excluding hydrogens is 286 g/mol. The number of rotatable bonds is 5. The molecule has 1 heterocycles. The van der Waals surface area contributed by atoms with E-state index in [1.54, 1.807) is 6.92 Å². The predicted molar refractivity (Wildman–Crippen MR) is 80.9 cm³/mol. The van der Waals surface area contributed by atoms with Gasteiger partial charge in [0.25, 0.3) is 5.92 Å². The van der Waals surface area contributed by atoms with Gasteiger partial charge in [-0.2, -0.15) is 0 Å². The second-order valence-corrected chi connectivity index (χ2v) is 6.70. The molecule has 0 saturated heterocycles. The predicted octanol–water partition coefficient (Wildman–Crippen LogP) is 2.43. The maximum Gasteiger partial charge on any atom is 0.254 e. The molecule has 1 aromatic carbocycles. The standard InChI is InChI=1S/C17H22F2N2O/c1-16(11-17(16,18)19)6-8-21-15(22)9-12-3-2-4-13-10-20-7-5-14(12)13/h2-4,20H,5-11H2,1H3,(H,21,22). The Labute approximate surface area is 129 Å². The van der Waals surface area contributed by atoms with E-state index in [2.05, 4.69) is 16.7 Å². The normalized spacial score (nSPS) is 25.4. The van der Waals surface area contributed by atoms with Crippen LogP contribution in [0.1, 0.15) is 36.5 Å². The zero-order valence-corrected chi connectivity index (χ0v) is 12.8. The van der Waals surface area contributed by atoms with Gasteiger partial charge in [0.15, 0.2) is 0 Å². The number of nitrogens with one attached hydrogen (secondary N) is 2. The molecule has 1 saturated carbocycles. The number of benzene rings is 1. The third-order valence-electron chi connectivity index (χ3n) is 4.96. The Balaban J connectivity index is 1.52. The van der Waals surface area contributed by atoms with Crippen molar-refractivity contribution in [3.8, 4) is 0 Å². The second-order valence-electron chi connectivity index (χ2n) is 6.70. The van der Waals surface area contributed by atoms with E-state index in [1.165, 1.54) is 11.1 Å². The van der Waals surface area contributed by atoms with Gasteiger partial charge in [-0.3, -0.25) is 4.79 Å². The summed E-state index contributed by atoms with van der Waals surface area (Å²) in [4.78, 5) is 12.1. The van der Waals surface area contributed by atoms with E-state index in [0.717, 1.165) is 25.1 Å². The molecule has 0 aromatic heterocycles. The van der Waals surface area contributed by atoms with Gasteiger partial charge in [-0.15, -0.1) is 0 Å². The number of fused-ring (bicyclic) bond motifs is 1. The number of halogens is 2. The van der Waals surface area contributed by atoms with E-state index in [4.69, 9.17) is 0 Å². The smallest absolute Gasteiger partial charge is 0.254 e. The lowest BCUT2D eigenvalue weighted by atomic mass is 9.93. The quantitative estimate of drug-likeness (QED) is 0.877. The summed E-state index contributed by atoms with van der Waals surface area (Å²) in [6.45, 7) is 3.68. The number of amides is 1. The molecule has 1 unspecified atom stereocenters. The fourth-order valence-electron chi connectivity index (χ4n) is 3.21. The van der Waals surface area contributed by atoms with Crippen molar-refractivity contribution in [1.82, 2.24) is 10.6 Å². The van der Waals surface area contributed by atoms with Gasteiger partial charge in [0.1, 0.15) is 0 Å².